The summed E-state index contributed by atoms with van der Waals surface area (Å²) in [6, 6.07) is 14.2. The first-order chi connectivity index (χ1) is 9.47. The Hall–Kier alpha value is -1.97. The third-order valence-electron chi connectivity index (χ3n) is 3.13. The second-order valence-electron chi connectivity index (χ2n) is 4.69. The van der Waals surface area contributed by atoms with Crippen LogP contribution in [0.5, 0.6) is 0 Å². The molecule has 0 aliphatic heterocycles. The highest BCUT2D eigenvalue weighted by Crippen LogP contribution is 2.33. The molecule has 0 aliphatic carbocycles. The van der Waals surface area contributed by atoms with Crippen molar-refractivity contribution in [3.8, 4) is 0 Å². The van der Waals surface area contributed by atoms with E-state index in [1.54, 1.807) is 6.07 Å². The van der Waals surface area contributed by atoms with Gasteiger partial charge in [0.05, 0.1) is 5.56 Å². The number of rotatable bonds is 4. The summed E-state index contributed by atoms with van der Waals surface area (Å²) in [5, 5.41) is 3.03. The maximum absolute atomic E-state index is 12.8. The van der Waals surface area contributed by atoms with Crippen LogP contribution in [0.2, 0.25) is 0 Å². The van der Waals surface area contributed by atoms with Crippen LogP contribution in [0.4, 0.5) is 18.9 Å². The van der Waals surface area contributed by atoms with Crippen molar-refractivity contribution in [2.45, 2.75) is 19.5 Å². The smallest absolute Gasteiger partial charge is 0.385 e. The van der Waals surface area contributed by atoms with Gasteiger partial charge in [-0.15, -0.1) is 0 Å². The largest absolute Gasteiger partial charge is 0.416 e. The van der Waals surface area contributed by atoms with Crippen LogP contribution in [-0.2, 0) is 12.6 Å². The summed E-state index contributed by atoms with van der Waals surface area (Å²) in [6.07, 6.45) is -3.53. The molecular formula is C16H16F3N. The Labute approximate surface area is 116 Å². The van der Waals surface area contributed by atoms with Gasteiger partial charge in [-0.3, -0.25) is 0 Å². The van der Waals surface area contributed by atoms with Crippen LogP contribution in [0.15, 0.2) is 48.5 Å². The van der Waals surface area contributed by atoms with E-state index >= 15 is 0 Å². The fraction of sp³-hybridized carbons (Fsp3) is 0.250. The molecule has 1 nitrogen and oxygen atoms in total. The van der Waals surface area contributed by atoms with Gasteiger partial charge in [-0.2, -0.15) is 13.2 Å². The molecule has 0 aromatic heterocycles. The van der Waals surface area contributed by atoms with Crippen LogP contribution < -0.4 is 5.32 Å². The summed E-state index contributed by atoms with van der Waals surface area (Å²) in [4.78, 5) is 0. The molecule has 2 aromatic rings. The summed E-state index contributed by atoms with van der Waals surface area (Å²) in [6.45, 7) is 2.07. The Balaban J connectivity index is 2.00. The lowest BCUT2D eigenvalue weighted by Gasteiger charge is -2.13. The molecule has 0 atom stereocenters. The molecule has 2 rings (SSSR count). The maximum Gasteiger partial charge on any atom is 0.416 e. The van der Waals surface area contributed by atoms with E-state index in [-0.39, 0.29) is 5.56 Å². The van der Waals surface area contributed by atoms with Gasteiger partial charge < -0.3 is 5.32 Å². The van der Waals surface area contributed by atoms with Gasteiger partial charge in [0.25, 0.3) is 0 Å². The van der Waals surface area contributed by atoms with Gasteiger partial charge in [-0.05, 0) is 36.6 Å². The minimum absolute atomic E-state index is 0.242. The van der Waals surface area contributed by atoms with Crippen molar-refractivity contribution in [3.05, 3.63) is 65.2 Å². The normalized spacial score (nSPS) is 11.4. The van der Waals surface area contributed by atoms with Gasteiger partial charge in [-0.1, -0.05) is 36.4 Å². The first-order valence-electron chi connectivity index (χ1n) is 6.42. The molecule has 0 bridgehead atoms. The number of nitrogens with one attached hydrogen (secondary N) is 1. The van der Waals surface area contributed by atoms with Crippen molar-refractivity contribution in [2.24, 2.45) is 0 Å². The molecular weight excluding hydrogens is 263 g/mol. The monoisotopic (exact) mass is 279 g/mol. The summed E-state index contributed by atoms with van der Waals surface area (Å²) in [5.74, 6) is 0. The quantitative estimate of drug-likeness (QED) is 0.857. The zero-order chi connectivity index (χ0) is 14.6. The number of hydrogen-bond donors (Lipinski definition) is 1. The molecule has 106 valence electrons. The molecule has 2 aromatic carbocycles. The molecule has 0 amide bonds. The molecule has 0 unspecified atom stereocenters. The third kappa shape index (κ3) is 3.76. The summed E-state index contributed by atoms with van der Waals surface area (Å²) in [7, 11) is 0. The van der Waals surface area contributed by atoms with Crippen molar-refractivity contribution in [1.82, 2.24) is 0 Å². The van der Waals surface area contributed by atoms with Gasteiger partial charge >= 0.3 is 6.18 Å². The number of halogens is 3. The molecule has 0 fully saturated rings. The van der Waals surface area contributed by atoms with E-state index in [1.165, 1.54) is 19.1 Å². The highest BCUT2D eigenvalue weighted by atomic mass is 19.4. The predicted octanol–water partition coefficient (Wildman–Crippen LogP) is 4.67. The third-order valence-corrected chi connectivity index (χ3v) is 3.13. The van der Waals surface area contributed by atoms with Crippen molar-refractivity contribution >= 4 is 5.69 Å². The van der Waals surface area contributed by atoms with Crippen molar-refractivity contribution < 1.29 is 13.2 Å². The first kappa shape index (κ1) is 14.4. The Morgan fingerprint density at radius 1 is 1.00 bits per heavy atom. The van der Waals surface area contributed by atoms with Crippen LogP contribution in [0.3, 0.4) is 0 Å². The van der Waals surface area contributed by atoms with Gasteiger partial charge in [0, 0.05) is 12.2 Å². The average molecular weight is 279 g/mol. The van der Waals surface area contributed by atoms with Crippen LogP contribution in [-0.4, -0.2) is 6.54 Å². The number of benzene rings is 2. The van der Waals surface area contributed by atoms with Gasteiger partial charge in [0.1, 0.15) is 0 Å². The number of hydrogen-bond acceptors (Lipinski definition) is 1. The molecule has 0 saturated heterocycles. The zero-order valence-corrected chi connectivity index (χ0v) is 11.2. The molecule has 1 N–H and O–H groups in total. The number of aryl methyl sites for hydroxylation is 1. The van der Waals surface area contributed by atoms with Gasteiger partial charge in [0.15, 0.2) is 0 Å². The minimum Gasteiger partial charge on any atom is -0.385 e. The van der Waals surface area contributed by atoms with Crippen molar-refractivity contribution in [2.75, 3.05) is 11.9 Å². The first-order valence-corrected chi connectivity index (χ1v) is 6.42. The lowest BCUT2D eigenvalue weighted by Crippen LogP contribution is -2.10. The van der Waals surface area contributed by atoms with Crippen molar-refractivity contribution in [1.29, 1.82) is 0 Å². The Morgan fingerprint density at radius 2 is 1.70 bits per heavy atom. The van der Waals surface area contributed by atoms with Gasteiger partial charge in [0.2, 0.25) is 0 Å². The topological polar surface area (TPSA) is 12.0 Å². The molecule has 0 saturated carbocycles. The molecule has 0 aliphatic rings. The standard InChI is InChI=1S/C16H16F3N/c1-12-7-8-14(11-15(12)16(17,18)19)20-10-9-13-5-3-2-4-6-13/h2-8,11,20H,9-10H2,1H3. The predicted molar refractivity (Wildman–Crippen MR) is 74.8 cm³/mol. The lowest BCUT2D eigenvalue weighted by atomic mass is 10.1. The summed E-state index contributed by atoms with van der Waals surface area (Å²) < 4.78 is 38.4. The van der Waals surface area contributed by atoms with E-state index < -0.39 is 11.7 Å². The van der Waals surface area contributed by atoms with E-state index in [9.17, 15) is 13.2 Å². The van der Waals surface area contributed by atoms with Crippen LogP contribution in [0, 0.1) is 6.92 Å². The van der Waals surface area contributed by atoms with Crippen LogP contribution in [0.25, 0.3) is 0 Å². The molecule has 20 heavy (non-hydrogen) atoms. The Bertz CT molecular complexity index is 562. The Morgan fingerprint density at radius 3 is 2.35 bits per heavy atom. The highest BCUT2D eigenvalue weighted by Gasteiger charge is 2.32. The average Bonchev–Trinajstić information content (AvgIpc) is 2.40. The summed E-state index contributed by atoms with van der Waals surface area (Å²) >= 11 is 0. The molecule has 0 radical (unpaired) electrons. The van der Waals surface area contributed by atoms with Crippen LogP contribution >= 0.6 is 0 Å². The van der Waals surface area contributed by atoms with Crippen LogP contribution in [0.1, 0.15) is 16.7 Å². The summed E-state index contributed by atoms with van der Waals surface area (Å²) in [5.41, 5.74) is 1.32. The fourth-order valence-electron chi connectivity index (χ4n) is 2.03. The SMILES string of the molecule is Cc1ccc(NCCc2ccccc2)cc1C(F)(F)F. The minimum atomic E-state index is -4.30. The van der Waals surface area contributed by atoms with E-state index in [0.717, 1.165) is 12.0 Å². The van der Waals surface area contributed by atoms with E-state index in [1.807, 2.05) is 30.3 Å². The second-order valence-corrected chi connectivity index (χ2v) is 4.69. The van der Waals surface area contributed by atoms with E-state index in [0.29, 0.717) is 12.2 Å². The lowest BCUT2D eigenvalue weighted by molar-refractivity contribution is -0.138. The zero-order valence-electron chi connectivity index (χ0n) is 11.2. The number of alkyl halides is 3. The second kappa shape index (κ2) is 5.99. The Kier molecular flexibility index (Phi) is 4.32. The molecule has 0 heterocycles. The fourth-order valence-corrected chi connectivity index (χ4v) is 2.03. The highest BCUT2D eigenvalue weighted by molar-refractivity contribution is 5.49. The molecule has 0 spiro atoms. The van der Waals surface area contributed by atoms with E-state index in [4.69, 9.17) is 0 Å². The van der Waals surface area contributed by atoms with Crippen molar-refractivity contribution in [3.63, 3.8) is 0 Å². The maximum atomic E-state index is 12.8. The molecule has 4 heteroatoms. The van der Waals surface area contributed by atoms with E-state index in [2.05, 4.69) is 5.32 Å². The number of anilines is 1. The van der Waals surface area contributed by atoms with Gasteiger partial charge in [-0.25, -0.2) is 0 Å².